The number of anilines is 2. The van der Waals surface area contributed by atoms with Crippen LogP contribution in [0.25, 0.3) is 43.5 Å². The molecule has 6 aromatic rings. The molecule has 0 saturated carbocycles. The molecule has 0 aliphatic carbocycles. The second kappa shape index (κ2) is 15.6. The normalized spacial score (nSPS) is 18.2. The molecule has 3 atom stereocenters. The summed E-state index contributed by atoms with van der Waals surface area (Å²) >= 11 is 1.04. The van der Waals surface area contributed by atoms with Crippen molar-refractivity contribution < 1.29 is 18.6 Å². The topological polar surface area (TPSA) is 150 Å². The monoisotopic (exact) mass is 775 g/mol. The van der Waals surface area contributed by atoms with Gasteiger partial charge in [0.2, 0.25) is 0 Å². The number of nitrogen functional groups attached to an aromatic ring is 1. The Morgan fingerprint density at radius 2 is 1.89 bits per heavy atom. The van der Waals surface area contributed by atoms with E-state index >= 15 is 4.39 Å². The number of benzene rings is 2. The molecule has 0 bridgehead atoms. The van der Waals surface area contributed by atoms with Crippen LogP contribution in [0.5, 0.6) is 11.8 Å². The molecule has 290 valence electrons. The molecular formula is C42H46FN9O3S. The molecular weight excluding hydrogens is 730 g/mol. The first-order valence-corrected chi connectivity index (χ1v) is 20.2. The quantitative estimate of drug-likeness (QED) is 0.135. The second-order valence-corrected chi connectivity index (χ2v) is 16.4. The highest BCUT2D eigenvalue weighted by Gasteiger charge is 2.33. The second-order valence-electron chi connectivity index (χ2n) is 15.3. The lowest BCUT2D eigenvalue weighted by molar-refractivity contribution is 0.0219. The number of fused-ring (bicyclic) bond motifs is 2. The van der Waals surface area contributed by atoms with Crippen molar-refractivity contribution in [2.45, 2.75) is 85.1 Å². The number of hydrogen-bond donors (Lipinski definition) is 1. The molecule has 2 aliphatic heterocycles. The molecule has 56 heavy (non-hydrogen) atoms. The number of hydrogen-bond acceptors (Lipinski definition) is 12. The Hall–Kier alpha value is -5.39. The largest absolute Gasteiger partial charge is 0.484 e. The zero-order valence-corrected chi connectivity index (χ0v) is 33.1. The van der Waals surface area contributed by atoms with Gasteiger partial charge in [0, 0.05) is 48.1 Å². The van der Waals surface area contributed by atoms with Crippen molar-refractivity contribution in [3.05, 3.63) is 65.7 Å². The van der Waals surface area contributed by atoms with Gasteiger partial charge in [-0.15, -0.1) is 16.4 Å². The van der Waals surface area contributed by atoms with Crippen molar-refractivity contribution in [3.63, 3.8) is 0 Å². The lowest BCUT2D eigenvalue weighted by atomic mass is 10.0. The van der Waals surface area contributed by atoms with Gasteiger partial charge in [-0.2, -0.15) is 15.2 Å². The van der Waals surface area contributed by atoms with E-state index in [2.05, 4.69) is 55.9 Å². The molecule has 2 fully saturated rings. The summed E-state index contributed by atoms with van der Waals surface area (Å²) < 4.78 is 36.4. The van der Waals surface area contributed by atoms with E-state index in [1.54, 1.807) is 12.3 Å². The van der Waals surface area contributed by atoms with Gasteiger partial charge in [0.1, 0.15) is 52.3 Å². The highest BCUT2D eigenvalue weighted by molar-refractivity contribution is 7.23. The van der Waals surface area contributed by atoms with Gasteiger partial charge < -0.3 is 24.8 Å². The fourth-order valence-electron chi connectivity index (χ4n) is 7.71. The summed E-state index contributed by atoms with van der Waals surface area (Å²) in [5.41, 5.74) is 10.5. The standard InChI is InChI=1S/C42H46FN9O3S/c1-6-28-17-24(4)20-51(28)41-32-19-46-36(30-11-12-33(43)39-35(30)31(18-44)40(45)56-39)38(37(32)47-42(48-41)55-29-13-15-53-16-14-29)54-22-26-7-9-27(10-8-26)34-21-52(50-49-34)25(5)23(2)3/h7-12,19,21,23-25,28-29H,6,13-17,20,22,45H2,1-5H3. The van der Waals surface area contributed by atoms with Gasteiger partial charge in [-0.05, 0) is 49.3 Å². The summed E-state index contributed by atoms with van der Waals surface area (Å²) in [6.45, 7) is 13.1. The van der Waals surface area contributed by atoms with Crippen molar-refractivity contribution >= 4 is 43.1 Å². The Morgan fingerprint density at radius 3 is 2.62 bits per heavy atom. The average Bonchev–Trinajstić information content (AvgIpc) is 3.94. The molecule has 6 heterocycles. The maximum atomic E-state index is 15.3. The Morgan fingerprint density at radius 1 is 1.11 bits per heavy atom. The van der Waals surface area contributed by atoms with Crippen molar-refractivity contribution in [2.24, 2.45) is 11.8 Å². The summed E-state index contributed by atoms with van der Waals surface area (Å²) in [5, 5.41) is 20.3. The van der Waals surface area contributed by atoms with E-state index in [4.69, 9.17) is 34.9 Å². The van der Waals surface area contributed by atoms with Gasteiger partial charge in [0.15, 0.2) is 5.75 Å². The van der Waals surface area contributed by atoms with Gasteiger partial charge in [0.25, 0.3) is 0 Å². The number of nitrogens with zero attached hydrogens (tertiary/aromatic N) is 8. The highest BCUT2D eigenvalue weighted by atomic mass is 32.1. The highest BCUT2D eigenvalue weighted by Crippen LogP contribution is 2.46. The third-order valence-electron chi connectivity index (χ3n) is 11.2. The molecule has 2 aromatic carbocycles. The van der Waals surface area contributed by atoms with E-state index in [1.807, 2.05) is 35.1 Å². The van der Waals surface area contributed by atoms with Gasteiger partial charge in [-0.3, -0.25) is 4.98 Å². The van der Waals surface area contributed by atoms with Gasteiger partial charge in [0.05, 0.1) is 41.1 Å². The summed E-state index contributed by atoms with van der Waals surface area (Å²) in [6.07, 6.45) is 7.09. The fraction of sp³-hybridized carbons (Fsp3) is 0.429. The SMILES string of the molecule is CCC1CC(C)CN1c1nc(OC2CCOCC2)nc2c(OCc3ccc(-c4cn(C(C)C(C)C)nn4)cc3)c(-c3ccc(F)c4sc(N)c(C#N)c34)ncc12. The number of thiophene rings is 1. The number of ether oxygens (including phenoxy) is 3. The van der Waals surface area contributed by atoms with Gasteiger partial charge >= 0.3 is 6.01 Å². The number of nitriles is 1. The Bertz CT molecular complexity index is 2420. The maximum absolute atomic E-state index is 15.3. The summed E-state index contributed by atoms with van der Waals surface area (Å²) in [5.74, 6) is 1.54. The van der Waals surface area contributed by atoms with Crippen LogP contribution < -0.4 is 20.1 Å². The van der Waals surface area contributed by atoms with Crippen LogP contribution in [0, 0.1) is 29.0 Å². The molecule has 0 radical (unpaired) electrons. The van der Waals surface area contributed by atoms with Gasteiger partial charge in [-0.25, -0.2) is 9.07 Å². The van der Waals surface area contributed by atoms with Crippen LogP contribution in [0.4, 0.5) is 15.2 Å². The van der Waals surface area contributed by atoms with E-state index < -0.39 is 5.82 Å². The minimum absolute atomic E-state index is 0.100. The van der Waals surface area contributed by atoms with Crippen LogP contribution in [0.1, 0.15) is 77.5 Å². The molecule has 0 amide bonds. The van der Waals surface area contributed by atoms with Gasteiger partial charge in [-0.1, -0.05) is 57.2 Å². The third kappa shape index (κ3) is 7.10. The third-order valence-corrected chi connectivity index (χ3v) is 12.2. The minimum Gasteiger partial charge on any atom is -0.484 e. The summed E-state index contributed by atoms with van der Waals surface area (Å²) in [7, 11) is 0. The Kier molecular flexibility index (Phi) is 10.5. The van der Waals surface area contributed by atoms with E-state index in [9.17, 15) is 5.26 Å². The number of aromatic nitrogens is 6. The number of halogens is 1. The molecule has 14 heteroatoms. The smallest absolute Gasteiger partial charge is 0.319 e. The fourth-order valence-corrected chi connectivity index (χ4v) is 8.66. The Balaban J connectivity index is 1.26. The Labute approximate surface area is 329 Å². The van der Waals surface area contributed by atoms with Crippen LogP contribution >= 0.6 is 11.3 Å². The molecule has 4 aromatic heterocycles. The van der Waals surface area contributed by atoms with Crippen molar-refractivity contribution in [1.82, 2.24) is 29.9 Å². The number of rotatable bonds is 11. The molecule has 2 aliphatic rings. The first-order valence-electron chi connectivity index (χ1n) is 19.4. The van der Waals surface area contributed by atoms with Crippen molar-refractivity contribution in [1.29, 1.82) is 5.26 Å². The van der Waals surface area contributed by atoms with Crippen LogP contribution in [-0.2, 0) is 11.3 Å². The van der Waals surface area contributed by atoms with Crippen LogP contribution in [-0.4, -0.2) is 61.9 Å². The molecule has 8 rings (SSSR count). The number of pyridine rings is 1. The van der Waals surface area contributed by atoms with E-state index in [0.29, 0.717) is 58.3 Å². The molecule has 3 unspecified atom stereocenters. The summed E-state index contributed by atoms with van der Waals surface area (Å²) in [6, 6.07) is 14.0. The lowest BCUT2D eigenvalue weighted by Gasteiger charge is -2.28. The zero-order chi connectivity index (χ0) is 39.1. The summed E-state index contributed by atoms with van der Waals surface area (Å²) in [4.78, 5) is 17.5. The minimum atomic E-state index is -0.463. The van der Waals surface area contributed by atoms with E-state index in [-0.39, 0.29) is 46.1 Å². The molecule has 2 N–H and O–H groups in total. The van der Waals surface area contributed by atoms with Crippen LogP contribution in [0.3, 0.4) is 0 Å². The lowest BCUT2D eigenvalue weighted by Crippen LogP contribution is -2.31. The van der Waals surface area contributed by atoms with Crippen molar-refractivity contribution in [3.8, 4) is 40.3 Å². The first kappa shape index (κ1) is 37.5. The maximum Gasteiger partial charge on any atom is 0.319 e. The molecule has 12 nitrogen and oxygen atoms in total. The predicted octanol–water partition coefficient (Wildman–Crippen LogP) is 8.74. The molecule has 2 saturated heterocycles. The van der Waals surface area contributed by atoms with Crippen LogP contribution in [0.15, 0.2) is 48.8 Å². The van der Waals surface area contributed by atoms with E-state index in [0.717, 1.165) is 66.2 Å². The van der Waals surface area contributed by atoms with Crippen LogP contribution in [0.2, 0.25) is 0 Å². The zero-order valence-electron chi connectivity index (χ0n) is 32.3. The number of nitrogens with two attached hydrogens (primary N) is 1. The van der Waals surface area contributed by atoms with E-state index in [1.165, 1.54) is 6.07 Å². The average molecular weight is 776 g/mol. The molecule has 0 spiro atoms. The van der Waals surface area contributed by atoms with Crippen molar-refractivity contribution in [2.75, 3.05) is 30.4 Å². The first-order chi connectivity index (χ1) is 27.1. The predicted molar refractivity (Wildman–Crippen MR) is 216 cm³/mol.